The number of para-hydroxylation sites is 1. The van der Waals surface area contributed by atoms with Gasteiger partial charge >= 0.3 is 0 Å². The molecule has 4 rings (SSSR count). The third-order valence-electron chi connectivity index (χ3n) is 3.66. The van der Waals surface area contributed by atoms with Gasteiger partial charge in [-0.2, -0.15) is 5.10 Å². The summed E-state index contributed by atoms with van der Waals surface area (Å²) in [5.41, 5.74) is 1.29. The SMILES string of the molecule is O=C1NCCC1Oc1ncnc2c1cnn2-c1ccccc1Cl. The number of nitrogens with zero attached hydrogens (tertiary/aromatic N) is 4. The zero-order chi connectivity index (χ0) is 15.8. The molecular weight excluding hydrogens is 318 g/mol. The average Bonchev–Trinajstić information content (AvgIpc) is 3.15. The molecule has 1 atom stereocenters. The van der Waals surface area contributed by atoms with Crippen molar-refractivity contribution < 1.29 is 9.53 Å². The maximum atomic E-state index is 11.7. The number of halogens is 1. The molecule has 1 aromatic carbocycles. The highest BCUT2D eigenvalue weighted by Crippen LogP contribution is 2.27. The maximum absolute atomic E-state index is 11.7. The van der Waals surface area contributed by atoms with Gasteiger partial charge in [0, 0.05) is 13.0 Å². The molecule has 7 nitrogen and oxygen atoms in total. The molecule has 1 aliphatic rings. The Kier molecular flexibility index (Phi) is 3.34. The van der Waals surface area contributed by atoms with E-state index in [4.69, 9.17) is 16.3 Å². The number of hydrogen-bond acceptors (Lipinski definition) is 5. The van der Waals surface area contributed by atoms with Gasteiger partial charge in [-0.15, -0.1) is 0 Å². The second-order valence-electron chi connectivity index (χ2n) is 5.11. The number of hydrogen-bond donors (Lipinski definition) is 1. The quantitative estimate of drug-likeness (QED) is 0.791. The van der Waals surface area contributed by atoms with Crippen LogP contribution in [0.25, 0.3) is 16.7 Å². The number of fused-ring (bicyclic) bond motifs is 1. The minimum Gasteiger partial charge on any atom is -0.464 e. The Hall–Kier alpha value is -2.67. The van der Waals surface area contributed by atoms with Crippen LogP contribution in [0.5, 0.6) is 5.88 Å². The topological polar surface area (TPSA) is 81.9 Å². The summed E-state index contributed by atoms with van der Waals surface area (Å²) in [5, 5.41) is 8.26. The first-order valence-electron chi connectivity index (χ1n) is 7.12. The van der Waals surface area contributed by atoms with Crippen molar-refractivity contribution >= 4 is 28.5 Å². The third-order valence-corrected chi connectivity index (χ3v) is 3.98. The molecule has 0 spiro atoms. The highest BCUT2D eigenvalue weighted by molar-refractivity contribution is 6.32. The van der Waals surface area contributed by atoms with E-state index in [0.29, 0.717) is 40.6 Å². The summed E-state index contributed by atoms with van der Waals surface area (Å²) in [4.78, 5) is 20.1. The largest absolute Gasteiger partial charge is 0.464 e. The van der Waals surface area contributed by atoms with Gasteiger partial charge in [0.15, 0.2) is 11.8 Å². The average molecular weight is 330 g/mol. The second kappa shape index (κ2) is 5.51. The van der Waals surface area contributed by atoms with E-state index in [-0.39, 0.29) is 5.91 Å². The van der Waals surface area contributed by atoms with Gasteiger partial charge in [0.1, 0.15) is 11.7 Å². The summed E-state index contributed by atoms with van der Waals surface area (Å²) in [5.74, 6) is 0.214. The highest BCUT2D eigenvalue weighted by atomic mass is 35.5. The van der Waals surface area contributed by atoms with Crippen molar-refractivity contribution in [3.8, 4) is 11.6 Å². The fourth-order valence-corrected chi connectivity index (χ4v) is 2.75. The molecule has 3 aromatic rings. The molecule has 0 aliphatic carbocycles. The number of rotatable bonds is 3. The van der Waals surface area contributed by atoms with Crippen LogP contribution in [-0.4, -0.2) is 38.3 Å². The first-order chi connectivity index (χ1) is 11.2. The van der Waals surface area contributed by atoms with E-state index in [1.165, 1.54) is 6.33 Å². The van der Waals surface area contributed by atoms with E-state index < -0.39 is 6.10 Å². The highest BCUT2D eigenvalue weighted by Gasteiger charge is 2.27. The molecule has 1 fully saturated rings. The minimum absolute atomic E-state index is 0.129. The Morgan fingerprint density at radius 2 is 2.17 bits per heavy atom. The van der Waals surface area contributed by atoms with E-state index >= 15 is 0 Å². The van der Waals surface area contributed by atoms with Crippen molar-refractivity contribution in [1.29, 1.82) is 0 Å². The summed E-state index contributed by atoms with van der Waals surface area (Å²) in [7, 11) is 0. The number of amides is 1. The fourth-order valence-electron chi connectivity index (χ4n) is 2.53. The lowest BCUT2D eigenvalue weighted by molar-refractivity contribution is -0.125. The zero-order valence-corrected chi connectivity index (χ0v) is 12.7. The normalized spacial score (nSPS) is 17.4. The van der Waals surface area contributed by atoms with E-state index in [1.54, 1.807) is 16.9 Å². The Bertz CT molecular complexity index is 894. The van der Waals surface area contributed by atoms with Crippen LogP contribution in [-0.2, 0) is 4.79 Å². The monoisotopic (exact) mass is 329 g/mol. The number of aromatic nitrogens is 4. The van der Waals surface area contributed by atoms with Crippen molar-refractivity contribution in [2.24, 2.45) is 0 Å². The van der Waals surface area contributed by atoms with Crippen molar-refractivity contribution in [2.45, 2.75) is 12.5 Å². The molecule has 23 heavy (non-hydrogen) atoms. The molecule has 0 saturated carbocycles. The van der Waals surface area contributed by atoms with E-state index in [1.807, 2.05) is 18.2 Å². The van der Waals surface area contributed by atoms with Gasteiger partial charge in [-0.3, -0.25) is 4.79 Å². The summed E-state index contributed by atoms with van der Waals surface area (Å²) < 4.78 is 7.36. The molecule has 1 saturated heterocycles. The Labute approximate surface area is 136 Å². The Balaban J connectivity index is 1.78. The second-order valence-corrected chi connectivity index (χ2v) is 5.52. The molecule has 1 N–H and O–H groups in total. The Morgan fingerprint density at radius 3 is 2.96 bits per heavy atom. The minimum atomic E-state index is -0.531. The number of benzene rings is 1. The lowest BCUT2D eigenvalue weighted by Gasteiger charge is -2.10. The van der Waals surface area contributed by atoms with Crippen LogP contribution >= 0.6 is 11.6 Å². The standard InChI is InChI=1S/C15H12ClN5O2/c16-10-3-1-2-4-11(10)21-13-9(7-20-21)15(19-8-18-13)23-12-5-6-17-14(12)22/h1-4,7-8,12H,5-6H2,(H,17,22). The van der Waals surface area contributed by atoms with Crippen LogP contribution < -0.4 is 10.1 Å². The molecule has 8 heteroatoms. The van der Waals surface area contributed by atoms with Crippen molar-refractivity contribution in [1.82, 2.24) is 25.1 Å². The van der Waals surface area contributed by atoms with E-state index in [0.717, 1.165) is 0 Å². The van der Waals surface area contributed by atoms with Gasteiger partial charge in [-0.25, -0.2) is 14.6 Å². The molecule has 1 unspecified atom stereocenters. The third kappa shape index (κ3) is 2.39. The van der Waals surface area contributed by atoms with Crippen LogP contribution in [0.2, 0.25) is 5.02 Å². The molecular formula is C15H12ClN5O2. The predicted molar refractivity (Wildman–Crippen MR) is 83.7 cm³/mol. The van der Waals surface area contributed by atoms with Crippen LogP contribution in [0.3, 0.4) is 0 Å². The first-order valence-corrected chi connectivity index (χ1v) is 7.50. The fraction of sp³-hybridized carbons (Fsp3) is 0.200. The number of carbonyl (C=O) groups is 1. The summed E-state index contributed by atoms with van der Waals surface area (Å²) >= 11 is 6.22. The van der Waals surface area contributed by atoms with Gasteiger partial charge in [0.05, 0.1) is 16.9 Å². The molecule has 3 heterocycles. The number of ether oxygens (including phenoxy) is 1. The maximum Gasteiger partial charge on any atom is 0.261 e. The van der Waals surface area contributed by atoms with Crippen LogP contribution in [0.1, 0.15) is 6.42 Å². The lowest BCUT2D eigenvalue weighted by atomic mass is 10.3. The van der Waals surface area contributed by atoms with Crippen LogP contribution in [0.4, 0.5) is 0 Å². The predicted octanol–water partition coefficient (Wildman–Crippen LogP) is 1.74. The summed E-state index contributed by atoms with van der Waals surface area (Å²) in [6.45, 7) is 0.608. The molecule has 116 valence electrons. The van der Waals surface area contributed by atoms with E-state index in [2.05, 4.69) is 20.4 Å². The molecule has 1 amide bonds. The molecule has 0 bridgehead atoms. The lowest BCUT2D eigenvalue weighted by Crippen LogP contribution is -2.28. The summed E-state index contributed by atoms with van der Waals surface area (Å²) in [6, 6.07) is 7.35. The van der Waals surface area contributed by atoms with Gasteiger partial charge in [0.25, 0.3) is 5.91 Å². The van der Waals surface area contributed by atoms with Crippen molar-refractivity contribution in [2.75, 3.05) is 6.54 Å². The van der Waals surface area contributed by atoms with Gasteiger partial charge < -0.3 is 10.1 Å². The number of carbonyl (C=O) groups excluding carboxylic acids is 1. The first kappa shape index (κ1) is 14.0. The Morgan fingerprint density at radius 1 is 1.30 bits per heavy atom. The molecule has 0 radical (unpaired) electrons. The van der Waals surface area contributed by atoms with Gasteiger partial charge in [-0.05, 0) is 12.1 Å². The van der Waals surface area contributed by atoms with Crippen molar-refractivity contribution in [3.05, 3.63) is 41.8 Å². The number of nitrogens with one attached hydrogen (secondary N) is 1. The molecule has 1 aliphatic heterocycles. The summed E-state index contributed by atoms with van der Waals surface area (Å²) in [6.07, 6.45) is 3.08. The zero-order valence-electron chi connectivity index (χ0n) is 11.9. The van der Waals surface area contributed by atoms with Crippen molar-refractivity contribution in [3.63, 3.8) is 0 Å². The van der Waals surface area contributed by atoms with Crippen LogP contribution in [0, 0.1) is 0 Å². The molecule has 2 aromatic heterocycles. The van der Waals surface area contributed by atoms with Crippen LogP contribution in [0.15, 0.2) is 36.8 Å². The smallest absolute Gasteiger partial charge is 0.261 e. The van der Waals surface area contributed by atoms with E-state index in [9.17, 15) is 4.79 Å². The van der Waals surface area contributed by atoms with Gasteiger partial charge in [0.2, 0.25) is 5.88 Å². The van der Waals surface area contributed by atoms with Gasteiger partial charge in [-0.1, -0.05) is 23.7 Å².